The Balaban J connectivity index is 1.86. The third-order valence-electron chi connectivity index (χ3n) is 2.97. The second-order valence-electron chi connectivity index (χ2n) is 4.20. The van der Waals surface area contributed by atoms with Gasteiger partial charge in [-0.05, 0) is 24.3 Å². The Morgan fingerprint density at radius 1 is 1.11 bits per heavy atom. The molecular weight excluding hydrogens is 265 g/mol. The van der Waals surface area contributed by atoms with Gasteiger partial charge in [0.25, 0.3) is 0 Å². The van der Waals surface area contributed by atoms with Gasteiger partial charge in [-0.1, -0.05) is 29.8 Å². The fraction of sp³-hybridized carbons (Fsp3) is 0.0667. The van der Waals surface area contributed by atoms with Crippen LogP contribution in [0.4, 0.5) is 4.39 Å². The maximum absolute atomic E-state index is 13.7. The molecule has 0 aliphatic carbocycles. The summed E-state index contributed by atoms with van der Waals surface area (Å²) >= 11 is 5.74. The number of aromatic amines is 1. The molecule has 0 amide bonds. The molecule has 1 aromatic heterocycles. The van der Waals surface area contributed by atoms with Gasteiger partial charge in [0, 0.05) is 22.7 Å². The molecule has 3 rings (SSSR count). The van der Waals surface area contributed by atoms with E-state index in [0.29, 0.717) is 5.56 Å². The molecule has 19 heavy (non-hydrogen) atoms. The summed E-state index contributed by atoms with van der Waals surface area (Å²) in [6, 6.07) is 12.5. The molecule has 1 heterocycles. The standard InChI is InChI=1S/C15H11ClFNO/c16-12-4-1-3-10(15(12)17)9-19-14-6-2-5-13-11(14)7-8-18-13/h1-8,18H,9H2. The van der Waals surface area contributed by atoms with Crippen LogP contribution < -0.4 is 4.74 Å². The Labute approximate surface area is 114 Å². The first-order chi connectivity index (χ1) is 9.25. The number of benzene rings is 2. The lowest BCUT2D eigenvalue weighted by molar-refractivity contribution is 0.303. The number of hydrogen-bond donors (Lipinski definition) is 1. The highest BCUT2D eigenvalue weighted by atomic mass is 35.5. The number of halogens is 2. The van der Waals surface area contributed by atoms with Crippen molar-refractivity contribution in [1.29, 1.82) is 0 Å². The molecule has 1 N–H and O–H groups in total. The molecule has 0 radical (unpaired) electrons. The van der Waals surface area contributed by atoms with Crippen molar-refractivity contribution in [2.24, 2.45) is 0 Å². The van der Waals surface area contributed by atoms with Crippen molar-refractivity contribution in [2.75, 3.05) is 0 Å². The van der Waals surface area contributed by atoms with Crippen LogP contribution in [0, 0.1) is 5.82 Å². The van der Waals surface area contributed by atoms with Gasteiger partial charge < -0.3 is 9.72 Å². The van der Waals surface area contributed by atoms with Crippen molar-refractivity contribution in [3.8, 4) is 5.75 Å². The van der Waals surface area contributed by atoms with Crippen LogP contribution in [0.1, 0.15) is 5.56 Å². The zero-order valence-electron chi connectivity index (χ0n) is 9.99. The highest BCUT2D eigenvalue weighted by Crippen LogP contribution is 2.26. The number of aromatic nitrogens is 1. The summed E-state index contributed by atoms with van der Waals surface area (Å²) in [4.78, 5) is 3.10. The van der Waals surface area contributed by atoms with Gasteiger partial charge in [-0.2, -0.15) is 0 Å². The van der Waals surface area contributed by atoms with E-state index in [1.54, 1.807) is 12.1 Å². The number of hydrogen-bond acceptors (Lipinski definition) is 1. The number of rotatable bonds is 3. The second-order valence-corrected chi connectivity index (χ2v) is 4.60. The van der Waals surface area contributed by atoms with Crippen molar-refractivity contribution >= 4 is 22.5 Å². The molecular formula is C15H11ClFNO. The molecule has 0 atom stereocenters. The Morgan fingerprint density at radius 3 is 2.84 bits per heavy atom. The van der Waals surface area contributed by atoms with Crippen LogP contribution in [0.15, 0.2) is 48.7 Å². The largest absolute Gasteiger partial charge is 0.488 e. The monoisotopic (exact) mass is 275 g/mol. The quantitative estimate of drug-likeness (QED) is 0.746. The number of ether oxygens (including phenoxy) is 1. The molecule has 0 spiro atoms. The Hall–Kier alpha value is -2.00. The first kappa shape index (κ1) is 12.1. The summed E-state index contributed by atoms with van der Waals surface area (Å²) in [7, 11) is 0. The van der Waals surface area contributed by atoms with Gasteiger partial charge in [-0.25, -0.2) is 4.39 Å². The van der Waals surface area contributed by atoms with Gasteiger partial charge in [0.2, 0.25) is 0 Å². The maximum atomic E-state index is 13.7. The van der Waals surface area contributed by atoms with Gasteiger partial charge in [-0.15, -0.1) is 0 Å². The molecule has 0 fully saturated rings. The zero-order chi connectivity index (χ0) is 13.2. The van der Waals surface area contributed by atoms with Gasteiger partial charge >= 0.3 is 0 Å². The average molecular weight is 276 g/mol. The van der Waals surface area contributed by atoms with E-state index in [1.807, 2.05) is 30.5 Å². The van der Waals surface area contributed by atoms with Gasteiger partial charge in [0.05, 0.1) is 5.02 Å². The lowest BCUT2D eigenvalue weighted by atomic mass is 10.2. The van der Waals surface area contributed by atoms with Crippen molar-refractivity contribution < 1.29 is 9.13 Å². The molecule has 2 aromatic carbocycles. The smallest absolute Gasteiger partial charge is 0.148 e. The van der Waals surface area contributed by atoms with Crippen LogP contribution in [0.25, 0.3) is 10.9 Å². The predicted octanol–water partition coefficient (Wildman–Crippen LogP) is 4.54. The van der Waals surface area contributed by atoms with E-state index in [-0.39, 0.29) is 11.6 Å². The normalized spacial score (nSPS) is 10.8. The molecule has 3 aromatic rings. The van der Waals surface area contributed by atoms with Crippen LogP contribution >= 0.6 is 11.6 Å². The van der Waals surface area contributed by atoms with E-state index < -0.39 is 5.82 Å². The van der Waals surface area contributed by atoms with Crippen LogP contribution in [0.2, 0.25) is 5.02 Å². The minimum Gasteiger partial charge on any atom is -0.488 e. The first-order valence-corrected chi connectivity index (χ1v) is 6.25. The summed E-state index contributed by atoms with van der Waals surface area (Å²) in [6.45, 7) is 0.149. The summed E-state index contributed by atoms with van der Waals surface area (Å²) in [5.74, 6) is 0.295. The number of nitrogens with one attached hydrogen (secondary N) is 1. The third-order valence-corrected chi connectivity index (χ3v) is 3.26. The van der Waals surface area contributed by atoms with E-state index in [1.165, 1.54) is 6.07 Å². The molecule has 0 aliphatic rings. The van der Waals surface area contributed by atoms with Crippen molar-refractivity contribution in [1.82, 2.24) is 4.98 Å². The molecule has 0 aliphatic heterocycles. The second kappa shape index (κ2) is 4.94. The van der Waals surface area contributed by atoms with Gasteiger partial charge in [0.1, 0.15) is 18.2 Å². The molecule has 0 saturated heterocycles. The lowest BCUT2D eigenvalue weighted by Crippen LogP contribution is -1.99. The summed E-state index contributed by atoms with van der Waals surface area (Å²) < 4.78 is 19.4. The van der Waals surface area contributed by atoms with Gasteiger partial charge in [0.15, 0.2) is 0 Å². The minimum atomic E-state index is -0.426. The average Bonchev–Trinajstić information content (AvgIpc) is 2.89. The molecule has 2 nitrogen and oxygen atoms in total. The predicted molar refractivity (Wildman–Crippen MR) is 74.0 cm³/mol. The Kier molecular flexibility index (Phi) is 3.13. The summed E-state index contributed by atoms with van der Waals surface area (Å²) in [5, 5.41) is 1.09. The first-order valence-electron chi connectivity index (χ1n) is 5.87. The Bertz CT molecular complexity index is 723. The molecule has 96 valence electrons. The van der Waals surface area contributed by atoms with Gasteiger partial charge in [-0.3, -0.25) is 0 Å². The fourth-order valence-corrected chi connectivity index (χ4v) is 2.19. The van der Waals surface area contributed by atoms with Crippen molar-refractivity contribution in [3.63, 3.8) is 0 Å². The van der Waals surface area contributed by atoms with Crippen LogP contribution in [-0.4, -0.2) is 4.98 Å². The van der Waals surface area contributed by atoms with E-state index >= 15 is 0 Å². The molecule has 0 unspecified atom stereocenters. The number of H-pyrrole nitrogens is 1. The van der Waals surface area contributed by atoms with E-state index in [4.69, 9.17) is 16.3 Å². The highest BCUT2D eigenvalue weighted by Gasteiger charge is 2.08. The van der Waals surface area contributed by atoms with Crippen molar-refractivity contribution in [2.45, 2.75) is 6.61 Å². The van der Waals surface area contributed by atoms with Crippen LogP contribution in [-0.2, 0) is 6.61 Å². The van der Waals surface area contributed by atoms with Crippen LogP contribution in [0.5, 0.6) is 5.75 Å². The fourth-order valence-electron chi connectivity index (χ4n) is 2.00. The van der Waals surface area contributed by atoms with E-state index in [9.17, 15) is 4.39 Å². The van der Waals surface area contributed by atoms with E-state index in [2.05, 4.69) is 4.98 Å². The SMILES string of the molecule is Fc1c(Cl)cccc1COc1cccc2[nH]ccc12. The van der Waals surface area contributed by atoms with E-state index in [0.717, 1.165) is 16.7 Å². The molecule has 0 bridgehead atoms. The lowest BCUT2D eigenvalue weighted by Gasteiger charge is -2.08. The highest BCUT2D eigenvalue weighted by molar-refractivity contribution is 6.30. The molecule has 0 saturated carbocycles. The third kappa shape index (κ3) is 2.29. The topological polar surface area (TPSA) is 25.0 Å². The summed E-state index contributed by atoms with van der Waals surface area (Å²) in [6.07, 6.45) is 1.84. The molecule has 4 heteroatoms. The minimum absolute atomic E-state index is 0.112. The van der Waals surface area contributed by atoms with Crippen LogP contribution in [0.3, 0.4) is 0 Å². The maximum Gasteiger partial charge on any atom is 0.148 e. The summed E-state index contributed by atoms with van der Waals surface area (Å²) in [5.41, 5.74) is 1.43. The van der Waals surface area contributed by atoms with Crippen molar-refractivity contribution in [3.05, 3.63) is 65.1 Å². The zero-order valence-corrected chi connectivity index (χ0v) is 10.7. The Morgan fingerprint density at radius 2 is 1.95 bits per heavy atom. The number of fused-ring (bicyclic) bond motifs is 1.